The lowest BCUT2D eigenvalue weighted by Crippen LogP contribution is -2.33. The number of ether oxygens (including phenoxy) is 1. The molecule has 22 heavy (non-hydrogen) atoms. The molecule has 1 aromatic heterocycles. The third-order valence-corrected chi connectivity index (χ3v) is 3.76. The molecule has 1 heterocycles. The summed E-state index contributed by atoms with van der Waals surface area (Å²) >= 11 is 0. The van der Waals surface area contributed by atoms with Gasteiger partial charge in [0.1, 0.15) is 5.82 Å². The van der Waals surface area contributed by atoms with E-state index < -0.39 is 0 Å². The Hall–Kier alpha value is -1.72. The Bertz CT molecular complexity index is 666. The van der Waals surface area contributed by atoms with E-state index in [4.69, 9.17) is 9.72 Å². The first-order chi connectivity index (χ1) is 10.7. The highest BCUT2D eigenvalue weighted by Crippen LogP contribution is 2.17. The minimum Gasteiger partial charge on any atom is -0.383 e. The summed E-state index contributed by atoms with van der Waals surface area (Å²) in [6.45, 7) is 6.24. The van der Waals surface area contributed by atoms with Crippen molar-refractivity contribution in [2.45, 2.75) is 39.3 Å². The summed E-state index contributed by atoms with van der Waals surface area (Å²) in [4.78, 5) is 17.5. The third kappa shape index (κ3) is 3.54. The topological polar surface area (TPSA) is 56.1 Å². The van der Waals surface area contributed by atoms with Gasteiger partial charge in [-0.15, -0.1) is 0 Å². The van der Waals surface area contributed by atoms with Crippen LogP contribution in [-0.2, 0) is 11.3 Å². The highest BCUT2D eigenvalue weighted by molar-refractivity contribution is 5.77. The molecule has 0 aliphatic heterocycles. The lowest BCUT2D eigenvalue weighted by Gasteiger charge is -2.21. The van der Waals surface area contributed by atoms with Crippen LogP contribution in [0.1, 0.15) is 38.6 Å². The summed E-state index contributed by atoms with van der Waals surface area (Å²) in [5.74, 6) is 0.823. The molecule has 5 nitrogen and oxygen atoms in total. The number of methoxy groups -OCH3 is 1. The van der Waals surface area contributed by atoms with Crippen LogP contribution in [0.25, 0.3) is 10.9 Å². The lowest BCUT2D eigenvalue weighted by molar-refractivity contribution is 0.194. The average molecular weight is 303 g/mol. The monoisotopic (exact) mass is 303 g/mol. The van der Waals surface area contributed by atoms with Crippen LogP contribution in [0.15, 0.2) is 29.1 Å². The van der Waals surface area contributed by atoms with E-state index in [2.05, 4.69) is 19.2 Å². The van der Waals surface area contributed by atoms with Gasteiger partial charge in [0.15, 0.2) is 0 Å². The van der Waals surface area contributed by atoms with Crippen molar-refractivity contribution in [2.75, 3.05) is 20.3 Å². The lowest BCUT2D eigenvalue weighted by atomic mass is 10.1. The number of para-hydroxylation sites is 1. The van der Waals surface area contributed by atoms with Crippen molar-refractivity contribution in [3.05, 3.63) is 40.4 Å². The molecule has 0 unspecified atom stereocenters. The van der Waals surface area contributed by atoms with E-state index in [1.165, 1.54) is 0 Å². The maximum Gasteiger partial charge on any atom is 0.261 e. The van der Waals surface area contributed by atoms with Crippen LogP contribution < -0.4 is 10.9 Å². The SMILES string of the molecule is CCCn1c([C@@H](CC)NCCOC)nc2ccccc2c1=O. The van der Waals surface area contributed by atoms with Crippen LogP contribution in [0.4, 0.5) is 0 Å². The number of rotatable bonds is 8. The van der Waals surface area contributed by atoms with E-state index in [1.54, 1.807) is 7.11 Å². The summed E-state index contributed by atoms with van der Waals surface area (Å²) < 4.78 is 6.91. The largest absolute Gasteiger partial charge is 0.383 e. The number of benzene rings is 1. The van der Waals surface area contributed by atoms with E-state index in [0.29, 0.717) is 18.5 Å². The number of nitrogens with zero attached hydrogens (tertiary/aromatic N) is 2. The number of nitrogens with one attached hydrogen (secondary N) is 1. The number of aromatic nitrogens is 2. The van der Waals surface area contributed by atoms with Crippen LogP contribution in [0.3, 0.4) is 0 Å². The molecule has 1 atom stereocenters. The maximum atomic E-state index is 12.8. The van der Waals surface area contributed by atoms with Gasteiger partial charge in [-0.3, -0.25) is 9.36 Å². The van der Waals surface area contributed by atoms with Crippen molar-refractivity contribution < 1.29 is 4.74 Å². The van der Waals surface area contributed by atoms with Crippen molar-refractivity contribution in [1.29, 1.82) is 0 Å². The fourth-order valence-electron chi connectivity index (χ4n) is 2.64. The zero-order valence-corrected chi connectivity index (χ0v) is 13.6. The Kier molecular flexibility index (Phi) is 6.10. The summed E-state index contributed by atoms with van der Waals surface area (Å²) in [5.41, 5.74) is 0.816. The van der Waals surface area contributed by atoms with Crippen molar-refractivity contribution >= 4 is 10.9 Å². The fraction of sp³-hybridized carbons (Fsp3) is 0.529. The van der Waals surface area contributed by atoms with Gasteiger partial charge in [-0.2, -0.15) is 0 Å². The minimum absolute atomic E-state index is 0.0504. The Balaban J connectivity index is 2.49. The molecule has 0 amide bonds. The van der Waals surface area contributed by atoms with Gasteiger partial charge in [0, 0.05) is 20.2 Å². The standard InChI is InChI=1S/C17H25N3O2/c1-4-11-20-16(14(5-2)18-10-12-22-3)19-15-9-7-6-8-13(15)17(20)21/h6-9,14,18H,4-5,10-12H2,1-3H3/t14-/m1/s1. The Morgan fingerprint density at radius 2 is 2.09 bits per heavy atom. The van der Waals surface area contributed by atoms with Gasteiger partial charge in [-0.25, -0.2) is 4.98 Å². The predicted molar refractivity (Wildman–Crippen MR) is 89.2 cm³/mol. The van der Waals surface area contributed by atoms with Gasteiger partial charge in [0.2, 0.25) is 0 Å². The first-order valence-electron chi connectivity index (χ1n) is 7.94. The van der Waals surface area contributed by atoms with Gasteiger partial charge in [-0.1, -0.05) is 26.0 Å². The minimum atomic E-state index is 0.0504. The average Bonchev–Trinajstić information content (AvgIpc) is 2.54. The summed E-state index contributed by atoms with van der Waals surface area (Å²) in [7, 11) is 1.68. The Labute approximate surface area is 131 Å². The van der Waals surface area contributed by atoms with Crippen LogP contribution >= 0.6 is 0 Å². The van der Waals surface area contributed by atoms with Crippen molar-refractivity contribution in [3.8, 4) is 0 Å². The molecule has 0 saturated carbocycles. The van der Waals surface area contributed by atoms with Crippen molar-refractivity contribution in [1.82, 2.24) is 14.9 Å². The highest BCUT2D eigenvalue weighted by atomic mass is 16.5. The van der Waals surface area contributed by atoms with Crippen LogP contribution in [0.2, 0.25) is 0 Å². The van der Waals surface area contributed by atoms with Crippen LogP contribution in [-0.4, -0.2) is 29.8 Å². The van der Waals surface area contributed by atoms with Crippen LogP contribution in [0, 0.1) is 0 Å². The molecule has 0 radical (unpaired) electrons. The fourth-order valence-corrected chi connectivity index (χ4v) is 2.64. The molecular formula is C17H25N3O2. The number of hydrogen-bond acceptors (Lipinski definition) is 4. The smallest absolute Gasteiger partial charge is 0.261 e. The number of hydrogen-bond donors (Lipinski definition) is 1. The third-order valence-electron chi connectivity index (χ3n) is 3.76. The van der Waals surface area contributed by atoms with Gasteiger partial charge < -0.3 is 10.1 Å². The second-order valence-electron chi connectivity index (χ2n) is 5.35. The second kappa shape index (κ2) is 8.06. The van der Waals surface area contributed by atoms with E-state index in [-0.39, 0.29) is 11.6 Å². The molecule has 0 bridgehead atoms. The Morgan fingerprint density at radius 1 is 1.32 bits per heavy atom. The predicted octanol–water partition coefficient (Wildman–Crippen LogP) is 2.49. The zero-order valence-electron chi connectivity index (χ0n) is 13.6. The summed E-state index contributed by atoms with van der Waals surface area (Å²) in [6, 6.07) is 7.61. The van der Waals surface area contributed by atoms with Gasteiger partial charge in [-0.05, 0) is 25.0 Å². The zero-order chi connectivity index (χ0) is 15.9. The van der Waals surface area contributed by atoms with E-state index in [0.717, 1.165) is 30.7 Å². The Morgan fingerprint density at radius 3 is 2.77 bits per heavy atom. The number of fused-ring (bicyclic) bond motifs is 1. The summed E-state index contributed by atoms with van der Waals surface area (Å²) in [5, 5.41) is 4.12. The normalized spacial score (nSPS) is 12.7. The van der Waals surface area contributed by atoms with Crippen molar-refractivity contribution in [2.24, 2.45) is 0 Å². The van der Waals surface area contributed by atoms with Gasteiger partial charge in [0.25, 0.3) is 5.56 Å². The van der Waals surface area contributed by atoms with Gasteiger partial charge >= 0.3 is 0 Å². The summed E-state index contributed by atoms with van der Waals surface area (Å²) in [6.07, 6.45) is 1.78. The molecule has 2 rings (SSSR count). The van der Waals surface area contributed by atoms with E-state index in [9.17, 15) is 4.79 Å². The molecule has 5 heteroatoms. The molecule has 0 spiro atoms. The quantitative estimate of drug-likeness (QED) is 0.761. The molecule has 0 fully saturated rings. The maximum absolute atomic E-state index is 12.8. The molecule has 120 valence electrons. The molecule has 2 aromatic rings. The molecule has 0 saturated heterocycles. The van der Waals surface area contributed by atoms with Crippen LogP contribution in [0.5, 0.6) is 0 Å². The molecule has 0 aliphatic carbocycles. The second-order valence-corrected chi connectivity index (χ2v) is 5.35. The van der Waals surface area contributed by atoms with E-state index >= 15 is 0 Å². The first kappa shape index (κ1) is 16.6. The molecule has 1 aromatic carbocycles. The molecule has 1 N–H and O–H groups in total. The molecular weight excluding hydrogens is 278 g/mol. The van der Waals surface area contributed by atoms with E-state index in [1.807, 2.05) is 28.8 Å². The molecule has 0 aliphatic rings. The highest BCUT2D eigenvalue weighted by Gasteiger charge is 2.17. The van der Waals surface area contributed by atoms with Gasteiger partial charge in [0.05, 0.1) is 23.6 Å². The first-order valence-corrected chi connectivity index (χ1v) is 7.94. The van der Waals surface area contributed by atoms with Crippen molar-refractivity contribution in [3.63, 3.8) is 0 Å².